The number of nitrogens with zero attached hydrogens (tertiary/aromatic N) is 2. The molecule has 0 unspecified atom stereocenters. The van der Waals surface area contributed by atoms with Gasteiger partial charge in [0.05, 0.1) is 36.1 Å². The fourth-order valence-electron chi connectivity index (χ4n) is 3.94. The molecule has 1 fully saturated rings. The molecule has 0 saturated carbocycles. The molecule has 0 atom stereocenters. The summed E-state index contributed by atoms with van der Waals surface area (Å²) in [5.41, 5.74) is 2.52. The van der Waals surface area contributed by atoms with Crippen molar-refractivity contribution in [2.45, 2.75) is 26.2 Å². The number of carbonyl (C=O) groups is 2. The highest BCUT2D eigenvalue weighted by Crippen LogP contribution is 2.47. The maximum absolute atomic E-state index is 13.6. The molecular weight excluding hydrogens is 444 g/mol. The third kappa shape index (κ3) is 3.78. The Morgan fingerprint density at radius 1 is 0.969 bits per heavy atom. The normalized spacial score (nSPS) is 17.9. The first-order valence-corrected chi connectivity index (χ1v) is 11.7. The smallest absolute Gasteiger partial charge is 0.271 e. The van der Waals surface area contributed by atoms with Crippen molar-refractivity contribution in [1.29, 1.82) is 0 Å². The first-order valence-electron chi connectivity index (χ1n) is 10.5. The molecule has 0 N–H and O–H groups in total. The number of anilines is 2. The van der Waals surface area contributed by atoms with E-state index in [0.29, 0.717) is 38.5 Å². The van der Waals surface area contributed by atoms with Crippen LogP contribution in [0.25, 0.3) is 5.57 Å². The lowest BCUT2D eigenvalue weighted by Crippen LogP contribution is -2.30. The van der Waals surface area contributed by atoms with Crippen LogP contribution in [0.2, 0.25) is 0 Å². The van der Waals surface area contributed by atoms with E-state index in [2.05, 4.69) is 6.92 Å². The Labute approximate surface area is 197 Å². The van der Waals surface area contributed by atoms with Gasteiger partial charge in [-0.25, -0.2) is 0 Å². The topological polar surface area (TPSA) is 59.1 Å². The summed E-state index contributed by atoms with van der Waals surface area (Å²) >= 11 is 6.71. The van der Waals surface area contributed by atoms with Gasteiger partial charge in [-0.3, -0.25) is 14.5 Å². The van der Waals surface area contributed by atoms with Crippen LogP contribution in [0, 0.1) is 0 Å². The van der Waals surface area contributed by atoms with Crippen LogP contribution in [0.1, 0.15) is 31.7 Å². The first-order chi connectivity index (χ1) is 15.5. The number of hydrogen-bond acceptors (Lipinski definition) is 6. The van der Waals surface area contributed by atoms with Crippen molar-refractivity contribution >= 4 is 57.1 Å². The average molecular weight is 469 g/mol. The molecule has 0 aliphatic carbocycles. The maximum atomic E-state index is 13.6. The summed E-state index contributed by atoms with van der Waals surface area (Å²) in [6.45, 7) is 2.75. The molecule has 2 aromatic carbocycles. The molecule has 2 heterocycles. The third-order valence-corrected chi connectivity index (χ3v) is 6.90. The molecule has 166 valence electrons. The van der Waals surface area contributed by atoms with Gasteiger partial charge in [0, 0.05) is 18.2 Å². The van der Waals surface area contributed by atoms with E-state index in [-0.39, 0.29) is 11.8 Å². The predicted molar refractivity (Wildman–Crippen MR) is 132 cm³/mol. The van der Waals surface area contributed by atoms with Crippen LogP contribution < -0.4 is 19.3 Å². The minimum absolute atomic E-state index is 0.152. The number of ether oxygens (including phenoxy) is 2. The van der Waals surface area contributed by atoms with Crippen LogP contribution in [0.3, 0.4) is 0 Å². The number of thioether (sulfide) groups is 1. The lowest BCUT2D eigenvalue weighted by atomic mass is 10.1. The highest BCUT2D eigenvalue weighted by atomic mass is 32.2. The summed E-state index contributed by atoms with van der Waals surface area (Å²) in [6.07, 6.45) is 3.02. The van der Waals surface area contributed by atoms with E-state index in [1.807, 2.05) is 24.3 Å². The van der Waals surface area contributed by atoms with Crippen LogP contribution in [0.5, 0.6) is 11.5 Å². The summed E-state index contributed by atoms with van der Waals surface area (Å²) in [4.78, 5) is 30.6. The molecule has 1 saturated heterocycles. The molecular formula is C24H24N2O4S2. The van der Waals surface area contributed by atoms with Gasteiger partial charge in [-0.15, -0.1) is 0 Å². The van der Waals surface area contributed by atoms with Gasteiger partial charge in [-0.2, -0.15) is 0 Å². The van der Waals surface area contributed by atoms with Gasteiger partial charge in [-0.05, 0) is 24.6 Å². The molecule has 32 heavy (non-hydrogen) atoms. The average Bonchev–Trinajstić information content (AvgIpc) is 3.25. The third-order valence-electron chi connectivity index (χ3n) is 5.53. The molecule has 0 aromatic heterocycles. The lowest BCUT2D eigenvalue weighted by Gasteiger charge is -2.19. The predicted octanol–water partition coefficient (Wildman–Crippen LogP) is 5.02. The second-order valence-electron chi connectivity index (χ2n) is 7.43. The summed E-state index contributed by atoms with van der Waals surface area (Å²) in [6, 6.07) is 12.8. The van der Waals surface area contributed by atoms with E-state index >= 15 is 0 Å². The maximum Gasteiger partial charge on any atom is 0.271 e. The molecule has 0 bridgehead atoms. The van der Waals surface area contributed by atoms with Crippen molar-refractivity contribution in [3.63, 3.8) is 0 Å². The Hall–Kier alpha value is -2.84. The Balaban J connectivity index is 1.78. The van der Waals surface area contributed by atoms with E-state index < -0.39 is 0 Å². The van der Waals surface area contributed by atoms with Gasteiger partial charge in [0.1, 0.15) is 11.5 Å². The van der Waals surface area contributed by atoms with Gasteiger partial charge >= 0.3 is 0 Å². The second kappa shape index (κ2) is 9.34. The number of benzene rings is 2. The number of methoxy groups -OCH3 is 2. The van der Waals surface area contributed by atoms with Crippen LogP contribution in [0.15, 0.2) is 47.4 Å². The second-order valence-corrected chi connectivity index (χ2v) is 9.08. The molecule has 0 spiro atoms. The number of fused-ring (bicyclic) bond motifs is 1. The number of para-hydroxylation sites is 1. The van der Waals surface area contributed by atoms with E-state index in [9.17, 15) is 9.59 Å². The van der Waals surface area contributed by atoms with Crippen molar-refractivity contribution in [3.05, 3.63) is 52.9 Å². The molecule has 6 nitrogen and oxygen atoms in total. The minimum Gasteiger partial charge on any atom is -0.497 e. The molecule has 2 aromatic rings. The summed E-state index contributed by atoms with van der Waals surface area (Å²) in [5.74, 6) is 0.583. The largest absolute Gasteiger partial charge is 0.497 e. The standard InChI is InChI=1S/C24H24N2O4S2/c1-4-5-8-13-25-17-10-7-6-9-16(17)20(22(25)27)21-23(28)26(24(31)32-21)18-14-15(29-2)11-12-19(18)30-3/h6-7,9-12,14H,4-5,8,13H2,1-3H3. The Bertz CT molecular complexity index is 1130. The molecule has 2 aliphatic rings. The zero-order valence-corrected chi connectivity index (χ0v) is 19.8. The zero-order valence-electron chi connectivity index (χ0n) is 18.2. The summed E-state index contributed by atoms with van der Waals surface area (Å²) in [5, 5.41) is 0. The highest BCUT2D eigenvalue weighted by Gasteiger charge is 2.43. The number of carbonyl (C=O) groups excluding carboxylic acids is 2. The van der Waals surface area contributed by atoms with E-state index in [1.54, 1.807) is 30.2 Å². The van der Waals surface area contributed by atoms with Crippen molar-refractivity contribution in [2.24, 2.45) is 0 Å². The van der Waals surface area contributed by atoms with Crippen LogP contribution in [-0.2, 0) is 9.59 Å². The Morgan fingerprint density at radius 3 is 2.47 bits per heavy atom. The number of rotatable bonds is 7. The van der Waals surface area contributed by atoms with Crippen LogP contribution in [0.4, 0.5) is 11.4 Å². The molecule has 8 heteroatoms. The van der Waals surface area contributed by atoms with Crippen molar-refractivity contribution < 1.29 is 19.1 Å². The fourth-order valence-corrected chi connectivity index (χ4v) is 5.30. The molecule has 2 aliphatic heterocycles. The van der Waals surface area contributed by atoms with E-state index in [0.717, 1.165) is 42.3 Å². The van der Waals surface area contributed by atoms with E-state index in [4.69, 9.17) is 21.7 Å². The van der Waals surface area contributed by atoms with Gasteiger partial charge in [-0.1, -0.05) is 61.9 Å². The number of hydrogen-bond donors (Lipinski definition) is 0. The molecule has 2 amide bonds. The number of amides is 2. The molecule has 0 radical (unpaired) electrons. The number of unbranched alkanes of at least 4 members (excludes halogenated alkanes) is 2. The fraction of sp³-hybridized carbons (Fsp3) is 0.292. The van der Waals surface area contributed by atoms with Crippen molar-refractivity contribution in [3.8, 4) is 11.5 Å². The van der Waals surface area contributed by atoms with Crippen LogP contribution >= 0.6 is 24.0 Å². The van der Waals surface area contributed by atoms with Gasteiger partial charge in [0.25, 0.3) is 11.8 Å². The quantitative estimate of drug-likeness (QED) is 0.323. The Kier molecular flexibility index (Phi) is 6.53. The monoisotopic (exact) mass is 468 g/mol. The highest BCUT2D eigenvalue weighted by molar-refractivity contribution is 8.27. The first kappa shape index (κ1) is 22.4. The van der Waals surface area contributed by atoms with Crippen molar-refractivity contribution in [2.75, 3.05) is 30.6 Å². The van der Waals surface area contributed by atoms with Crippen molar-refractivity contribution in [1.82, 2.24) is 0 Å². The zero-order chi connectivity index (χ0) is 22.8. The minimum atomic E-state index is -0.333. The van der Waals surface area contributed by atoms with Gasteiger partial charge in [0.15, 0.2) is 4.32 Å². The van der Waals surface area contributed by atoms with Gasteiger partial charge in [0.2, 0.25) is 0 Å². The van der Waals surface area contributed by atoms with Crippen LogP contribution in [-0.4, -0.2) is 36.9 Å². The molecule has 4 rings (SSSR count). The number of thiocarbonyl (C=S) groups is 1. The summed E-state index contributed by atoms with van der Waals surface area (Å²) in [7, 11) is 3.09. The Morgan fingerprint density at radius 2 is 1.75 bits per heavy atom. The van der Waals surface area contributed by atoms with E-state index in [1.165, 1.54) is 12.0 Å². The lowest BCUT2D eigenvalue weighted by molar-refractivity contribution is -0.115. The SMILES string of the molecule is CCCCCN1C(=O)C(=C2SC(=S)N(c3cc(OC)ccc3OC)C2=O)c2ccccc21. The van der Waals surface area contributed by atoms with Gasteiger partial charge < -0.3 is 14.4 Å². The summed E-state index contributed by atoms with van der Waals surface area (Å²) < 4.78 is 11.1.